The maximum absolute atomic E-state index is 11.1. The van der Waals surface area contributed by atoms with E-state index in [0.717, 1.165) is 18.4 Å². The van der Waals surface area contributed by atoms with Gasteiger partial charge < -0.3 is 5.32 Å². The van der Waals surface area contributed by atoms with Crippen molar-refractivity contribution in [1.82, 2.24) is 0 Å². The first kappa shape index (κ1) is 16.0. The average molecular weight is 327 g/mol. The van der Waals surface area contributed by atoms with Crippen molar-refractivity contribution >= 4 is 44.4 Å². The Morgan fingerprint density at radius 2 is 1.84 bits per heavy atom. The summed E-state index contributed by atoms with van der Waals surface area (Å²) in [6.45, 7) is 1.65. The number of anilines is 1. The van der Waals surface area contributed by atoms with Crippen LogP contribution in [0, 0.1) is 10.1 Å². The van der Waals surface area contributed by atoms with Crippen molar-refractivity contribution in [1.29, 1.82) is 0 Å². The minimum Gasteiger partial charge on any atom is -0.379 e. The first-order valence-electron chi connectivity index (χ1n) is 5.18. The molecule has 0 spiro atoms. The van der Waals surface area contributed by atoms with Crippen molar-refractivity contribution in [2.24, 2.45) is 0 Å². The van der Waals surface area contributed by atoms with Gasteiger partial charge in [-0.1, -0.05) is 23.2 Å². The minimum absolute atomic E-state index is 0.0690. The number of non-ortho nitro benzene ring substituents is 1. The predicted molar refractivity (Wildman–Crippen MR) is 75.9 cm³/mol. The van der Waals surface area contributed by atoms with Gasteiger partial charge in [0, 0.05) is 24.4 Å². The molecule has 0 aliphatic rings. The van der Waals surface area contributed by atoms with Crippen LogP contribution in [0.2, 0.25) is 10.0 Å². The van der Waals surface area contributed by atoms with Crippen LogP contribution in [0.4, 0.5) is 11.4 Å². The SMILES string of the molecule is CC(CS(C)(=O)=O)Nc1c(Cl)cc([N+](=O)[O-])cc1Cl. The molecule has 0 fully saturated rings. The Morgan fingerprint density at radius 3 is 2.21 bits per heavy atom. The van der Waals surface area contributed by atoms with Gasteiger partial charge >= 0.3 is 0 Å². The molecule has 1 N–H and O–H groups in total. The number of hydrogen-bond acceptors (Lipinski definition) is 5. The lowest BCUT2D eigenvalue weighted by atomic mass is 10.2. The van der Waals surface area contributed by atoms with E-state index in [1.54, 1.807) is 6.92 Å². The van der Waals surface area contributed by atoms with Crippen molar-refractivity contribution in [2.75, 3.05) is 17.3 Å². The molecule has 0 saturated carbocycles. The van der Waals surface area contributed by atoms with E-state index < -0.39 is 20.8 Å². The lowest BCUT2D eigenvalue weighted by molar-refractivity contribution is -0.384. The molecular weight excluding hydrogens is 315 g/mol. The van der Waals surface area contributed by atoms with Crippen LogP contribution >= 0.6 is 23.2 Å². The third-order valence-corrected chi connectivity index (χ3v) is 3.88. The Morgan fingerprint density at radius 1 is 1.37 bits per heavy atom. The standard InChI is InChI=1S/C10H12Cl2N2O4S/c1-6(5-19(2,17)18)13-10-8(11)3-7(14(15)16)4-9(10)12/h3-4,6,13H,5H2,1-2H3. The maximum Gasteiger partial charge on any atom is 0.272 e. The number of benzene rings is 1. The van der Waals surface area contributed by atoms with E-state index in [1.807, 2.05) is 0 Å². The van der Waals surface area contributed by atoms with Gasteiger partial charge in [0.1, 0.15) is 9.84 Å². The molecule has 19 heavy (non-hydrogen) atoms. The van der Waals surface area contributed by atoms with Gasteiger partial charge in [-0.2, -0.15) is 0 Å². The zero-order valence-corrected chi connectivity index (χ0v) is 12.5. The molecule has 6 nitrogen and oxygen atoms in total. The maximum atomic E-state index is 11.1. The van der Waals surface area contributed by atoms with Gasteiger partial charge in [-0.05, 0) is 6.92 Å². The van der Waals surface area contributed by atoms with Gasteiger partial charge in [-0.3, -0.25) is 10.1 Å². The molecule has 106 valence electrons. The molecule has 9 heteroatoms. The Bertz CT molecular complexity index is 581. The number of nitro groups is 1. The van der Waals surface area contributed by atoms with Gasteiger partial charge in [0.2, 0.25) is 0 Å². The Hall–Kier alpha value is -1.05. The molecule has 0 amide bonds. The third kappa shape index (κ3) is 4.85. The summed E-state index contributed by atoms with van der Waals surface area (Å²) in [5.74, 6) is -0.101. The second-order valence-corrected chi connectivity index (χ2v) is 7.18. The minimum atomic E-state index is -3.15. The number of nitro benzene ring substituents is 1. The topological polar surface area (TPSA) is 89.3 Å². The molecular formula is C10H12Cl2N2O4S. The van der Waals surface area contributed by atoms with Crippen LogP contribution in [0.3, 0.4) is 0 Å². The van der Waals surface area contributed by atoms with E-state index in [0.29, 0.717) is 0 Å². The molecule has 1 aromatic carbocycles. The summed E-state index contributed by atoms with van der Waals surface area (Å²) in [7, 11) is -3.15. The van der Waals surface area contributed by atoms with E-state index >= 15 is 0 Å². The molecule has 0 aromatic heterocycles. The van der Waals surface area contributed by atoms with Crippen LogP contribution in [0.25, 0.3) is 0 Å². The number of halogens is 2. The number of sulfone groups is 1. The fourth-order valence-electron chi connectivity index (χ4n) is 1.55. The molecule has 0 bridgehead atoms. The molecule has 1 rings (SSSR count). The van der Waals surface area contributed by atoms with E-state index in [-0.39, 0.29) is 27.2 Å². The zero-order chi connectivity index (χ0) is 14.8. The molecule has 0 aliphatic carbocycles. The van der Waals surface area contributed by atoms with Crippen molar-refractivity contribution in [3.05, 3.63) is 32.3 Å². The highest BCUT2D eigenvalue weighted by molar-refractivity contribution is 7.90. The van der Waals surface area contributed by atoms with Gasteiger partial charge in [-0.15, -0.1) is 0 Å². The number of hydrogen-bond donors (Lipinski definition) is 1. The van der Waals surface area contributed by atoms with Crippen molar-refractivity contribution in [3.8, 4) is 0 Å². The average Bonchev–Trinajstić information content (AvgIpc) is 2.20. The molecule has 0 aliphatic heterocycles. The largest absolute Gasteiger partial charge is 0.379 e. The number of rotatable bonds is 5. The summed E-state index contributed by atoms with van der Waals surface area (Å²) in [5.41, 5.74) is 0.0569. The molecule has 1 atom stereocenters. The van der Waals surface area contributed by atoms with Gasteiger partial charge in [0.25, 0.3) is 5.69 Å². The number of nitrogens with one attached hydrogen (secondary N) is 1. The Kier molecular flexibility index (Phi) is 5.00. The highest BCUT2D eigenvalue weighted by Crippen LogP contribution is 2.35. The summed E-state index contributed by atoms with van der Waals surface area (Å²) < 4.78 is 22.3. The second kappa shape index (κ2) is 5.94. The molecule has 0 saturated heterocycles. The second-order valence-electron chi connectivity index (χ2n) is 4.18. The van der Waals surface area contributed by atoms with E-state index in [4.69, 9.17) is 23.2 Å². The summed E-state index contributed by atoms with van der Waals surface area (Å²) in [4.78, 5) is 10.0. The third-order valence-electron chi connectivity index (χ3n) is 2.18. The summed E-state index contributed by atoms with van der Waals surface area (Å²) in [5, 5.41) is 13.6. The van der Waals surface area contributed by atoms with E-state index in [1.165, 1.54) is 0 Å². The molecule has 1 aromatic rings. The molecule has 0 heterocycles. The predicted octanol–water partition coefficient (Wildman–Crippen LogP) is 2.75. The smallest absolute Gasteiger partial charge is 0.272 e. The fourth-order valence-corrected chi connectivity index (χ4v) is 3.12. The summed E-state index contributed by atoms with van der Waals surface area (Å²) in [6, 6.07) is 1.89. The van der Waals surface area contributed by atoms with E-state index in [9.17, 15) is 18.5 Å². The van der Waals surface area contributed by atoms with Crippen LogP contribution < -0.4 is 5.32 Å². The van der Waals surface area contributed by atoms with Gasteiger partial charge in [-0.25, -0.2) is 8.42 Å². The van der Waals surface area contributed by atoms with Crippen molar-refractivity contribution in [3.63, 3.8) is 0 Å². The van der Waals surface area contributed by atoms with Crippen LogP contribution in [-0.4, -0.2) is 31.4 Å². The summed E-state index contributed by atoms with van der Waals surface area (Å²) in [6.07, 6.45) is 1.12. The highest BCUT2D eigenvalue weighted by Gasteiger charge is 2.17. The van der Waals surface area contributed by atoms with E-state index in [2.05, 4.69) is 5.32 Å². The lowest BCUT2D eigenvalue weighted by Crippen LogP contribution is -2.25. The highest BCUT2D eigenvalue weighted by atomic mass is 35.5. The first-order valence-corrected chi connectivity index (χ1v) is 7.99. The van der Waals surface area contributed by atoms with Crippen LogP contribution in [0.5, 0.6) is 0 Å². The molecule has 1 unspecified atom stereocenters. The van der Waals surface area contributed by atoms with Gasteiger partial charge in [0.05, 0.1) is 26.4 Å². The normalized spacial score (nSPS) is 13.1. The Balaban J connectivity index is 2.99. The fraction of sp³-hybridized carbons (Fsp3) is 0.400. The lowest BCUT2D eigenvalue weighted by Gasteiger charge is -2.16. The van der Waals surface area contributed by atoms with Crippen LogP contribution in [-0.2, 0) is 9.84 Å². The quantitative estimate of drug-likeness (QED) is 0.663. The number of nitrogens with zero attached hydrogens (tertiary/aromatic N) is 1. The van der Waals surface area contributed by atoms with Crippen LogP contribution in [0.1, 0.15) is 6.92 Å². The summed E-state index contributed by atoms with van der Waals surface area (Å²) >= 11 is 11.8. The first-order chi connectivity index (χ1) is 8.60. The Labute approximate surface area is 120 Å². The van der Waals surface area contributed by atoms with Crippen molar-refractivity contribution < 1.29 is 13.3 Å². The van der Waals surface area contributed by atoms with Crippen LogP contribution in [0.15, 0.2) is 12.1 Å². The van der Waals surface area contributed by atoms with Crippen molar-refractivity contribution in [2.45, 2.75) is 13.0 Å². The monoisotopic (exact) mass is 326 g/mol. The van der Waals surface area contributed by atoms with Gasteiger partial charge in [0.15, 0.2) is 0 Å². The zero-order valence-electron chi connectivity index (χ0n) is 10.2. The molecule has 0 radical (unpaired) electrons.